The van der Waals surface area contributed by atoms with Crippen molar-refractivity contribution in [3.63, 3.8) is 0 Å². The summed E-state index contributed by atoms with van der Waals surface area (Å²) in [5, 5.41) is 7.16. The van der Waals surface area contributed by atoms with E-state index in [-0.39, 0.29) is 42.2 Å². The number of nitrogens with one attached hydrogen (secondary N) is 2. The first-order valence-corrected chi connectivity index (χ1v) is 11.8. The molecule has 8 nitrogen and oxygen atoms in total. The fraction of sp³-hybridized carbons (Fsp3) is 0.667. The molecule has 10 heteroatoms. The van der Waals surface area contributed by atoms with E-state index in [0.29, 0.717) is 18.0 Å². The summed E-state index contributed by atoms with van der Waals surface area (Å²) in [5.74, 6) is -1.03. The number of ether oxygens (including phenoxy) is 1. The Labute approximate surface area is 170 Å². The number of hydrogen-bond acceptors (Lipinski definition) is 6. The standard InChI is InChI=1S/C18H29N3O5S2/c1-12(2)16(20-17(22)15-6-5-8-27-15)18(23)19-7-9-28(24,25)21-10-13(3)26-14(4)11-21/h5-6,8,12-14,16H,7,9-11H2,1-4H3,(H,19,23)(H,20,22). The van der Waals surface area contributed by atoms with E-state index in [0.717, 1.165) is 0 Å². The summed E-state index contributed by atoms with van der Waals surface area (Å²) in [7, 11) is -3.50. The van der Waals surface area contributed by atoms with Gasteiger partial charge in [0.25, 0.3) is 5.91 Å². The van der Waals surface area contributed by atoms with Gasteiger partial charge in [-0.15, -0.1) is 11.3 Å². The maximum Gasteiger partial charge on any atom is 0.262 e. The van der Waals surface area contributed by atoms with Crippen molar-refractivity contribution in [1.82, 2.24) is 14.9 Å². The van der Waals surface area contributed by atoms with Gasteiger partial charge in [0.1, 0.15) is 6.04 Å². The minimum absolute atomic E-state index is 0.0145. The van der Waals surface area contributed by atoms with Gasteiger partial charge in [0.05, 0.1) is 22.8 Å². The van der Waals surface area contributed by atoms with Crippen molar-refractivity contribution < 1.29 is 22.7 Å². The zero-order valence-corrected chi connectivity index (χ0v) is 18.3. The van der Waals surface area contributed by atoms with Crippen LogP contribution in [0.3, 0.4) is 0 Å². The van der Waals surface area contributed by atoms with Crippen molar-refractivity contribution in [3.8, 4) is 0 Å². The molecule has 2 N–H and O–H groups in total. The Morgan fingerprint density at radius 3 is 2.46 bits per heavy atom. The summed E-state index contributed by atoms with van der Waals surface area (Å²) in [5.41, 5.74) is 0. The van der Waals surface area contributed by atoms with E-state index in [1.54, 1.807) is 17.5 Å². The van der Waals surface area contributed by atoms with E-state index in [1.807, 2.05) is 27.7 Å². The van der Waals surface area contributed by atoms with Gasteiger partial charge in [0.15, 0.2) is 0 Å². The van der Waals surface area contributed by atoms with E-state index in [4.69, 9.17) is 4.74 Å². The quantitative estimate of drug-likeness (QED) is 0.640. The van der Waals surface area contributed by atoms with Gasteiger partial charge in [0.2, 0.25) is 15.9 Å². The van der Waals surface area contributed by atoms with Crippen molar-refractivity contribution >= 4 is 33.2 Å². The number of morpholine rings is 1. The van der Waals surface area contributed by atoms with Crippen LogP contribution in [0.15, 0.2) is 17.5 Å². The second kappa shape index (κ2) is 9.82. The van der Waals surface area contributed by atoms with Crippen LogP contribution in [-0.4, -0.2) is 68.2 Å². The lowest BCUT2D eigenvalue weighted by molar-refractivity contribution is -0.123. The maximum absolute atomic E-state index is 12.5. The lowest BCUT2D eigenvalue weighted by Crippen LogP contribution is -2.52. The van der Waals surface area contributed by atoms with Crippen molar-refractivity contribution in [2.75, 3.05) is 25.4 Å². The third-order valence-corrected chi connectivity index (χ3v) is 7.09. The van der Waals surface area contributed by atoms with Crippen LogP contribution in [0.2, 0.25) is 0 Å². The molecule has 0 spiro atoms. The van der Waals surface area contributed by atoms with E-state index < -0.39 is 16.1 Å². The molecule has 0 bridgehead atoms. The largest absolute Gasteiger partial charge is 0.373 e. The number of rotatable bonds is 8. The first-order chi connectivity index (χ1) is 13.1. The fourth-order valence-corrected chi connectivity index (χ4v) is 5.17. The summed E-state index contributed by atoms with van der Waals surface area (Å²) < 4.78 is 32.1. The summed E-state index contributed by atoms with van der Waals surface area (Å²) >= 11 is 1.29. The average molecular weight is 432 g/mol. The molecule has 0 saturated carbocycles. The van der Waals surface area contributed by atoms with Crippen molar-refractivity contribution in [1.29, 1.82) is 0 Å². The normalized spacial score (nSPS) is 22.0. The molecular formula is C18H29N3O5S2. The van der Waals surface area contributed by atoms with Crippen LogP contribution in [0, 0.1) is 5.92 Å². The van der Waals surface area contributed by atoms with Crippen LogP contribution in [0.5, 0.6) is 0 Å². The monoisotopic (exact) mass is 431 g/mol. The number of carbonyl (C=O) groups excluding carboxylic acids is 2. The van der Waals surface area contributed by atoms with Crippen molar-refractivity contribution in [2.24, 2.45) is 5.92 Å². The zero-order chi connectivity index (χ0) is 20.9. The molecule has 1 aromatic rings. The van der Waals surface area contributed by atoms with Gasteiger partial charge in [0, 0.05) is 19.6 Å². The zero-order valence-electron chi connectivity index (χ0n) is 16.7. The average Bonchev–Trinajstić information content (AvgIpc) is 3.12. The summed E-state index contributed by atoms with van der Waals surface area (Å²) in [6.45, 7) is 7.93. The molecular weight excluding hydrogens is 402 g/mol. The number of hydrogen-bond donors (Lipinski definition) is 2. The van der Waals surface area contributed by atoms with Gasteiger partial charge in [-0.2, -0.15) is 4.31 Å². The molecule has 3 unspecified atom stereocenters. The molecule has 2 rings (SSSR count). The predicted molar refractivity (Wildman–Crippen MR) is 109 cm³/mol. The van der Waals surface area contributed by atoms with Gasteiger partial charge in [-0.05, 0) is 31.2 Å². The molecule has 158 valence electrons. The molecule has 2 heterocycles. The van der Waals surface area contributed by atoms with Crippen LogP contribution in [0.1, 0.15) is 37.4 Å². The van der Waals surface area contributed by atoms with E-state index in [9.17, 15) is 18.0 Å². The molecule has 1 saturated heterocycles. The second-order valence-electron chi connectivity index (χ2n) is 7.35. The Bertz CT molecular complexity index is 754. The highest BCUT2D eigenvalue weighted by Gasteiger charge is 2.31. The molecule has 0 radical (unpaired) electrons. The number of thiophene rings is 1. The second-order valence-corrected chi connectivity index (χ2v) is 10.4. The third kappa shape index (κ3) is 6.26. The van der Waals surface area contributed by atoms with Crippen LogP contribution < -0.4 is 10.6 Å². The topological polar surface area (TPSA) is 105 Å². The van der Waals surface area contributed by atoms with Crippen molar-refractivity contribution in [2.45, 2.75) is 45.9 Å². The smallest absolute Gasteiger partial charge is 0.262 e. The Morgan fingerprint density at radius 2 is 1.93 bits per heavy atom. The lowest BCUT2D eigenvalue weighted by Gasteiger charge is -2.34. The molecule has 2 amide bonds. The fourth-order valence-electron chi connectivity index (χ4n) is 3.06. The molecule has 3 atom stereocenters. The van der Waals surface area contributed by atoms with Crippen LogP contribution in [-0.2, 0) is 19.6 Å². The highest BCUT2D eigenvalue weighted by molar-refractivity contribution is 7.89. The lowest BCUT2D eigenvalue weighted by atomic mass is 10.0. The minimum atomic E-state index is -3.50. The predicted octanol–water partition coefficient (Wildman–Crippen LogP) is 1.06. The summed E-state index contributed by atoms with van der Waals surface area (Å²) in [6, 6.07) is 2.72. The Kier molecular flexibility index (Phi) is 7.99. The highest BCUT2D eigenvalue weighted by Crippen LogP contribution is 2.15. The van der Waals surface area contributed by atoms with Crippen molar-refractivity contribution in [3.05, 3.63) is 22.4 Å². The van der Waals surface area contributed by atoms with Gasteiger partial charge in [-0.1, -0.05) is 19.9 Å². The van der Waals surface area contributed by atoms with E-state index in [2.05, 4.69) is 10.6 Å². The number of amides is 2. The number of sulfonamides is 1. The number of nitrogens with zero attached hydrogens (tertiary/aromatic N) is 1. The van der Waals surface area contributed by atoms with Crippen LogP contribution >= 0.6 is 11.3 Å². The minimum Gasteiger partial charge on any atom is -0.373 e. The van der Waals surface area contributed by atoms with Gasteiger partial charge in [-0.25, -0.2) is 8.42 Å². The summed E-state index contributed by atoms with van der Waals surface area (Å²) in [6.07, 6.45) is -0.322. The molecule has 1 aliphatic rings. The highest BCUT2D eigenvalue weighted by atomic mass is 32.2. The molecule has 0 aliphatic carbocycles. The third-order valence-electron chi connectivity index (χ3n) is 4.42. The molecule has 1 fully saturated rings. The molecule has 1 aromatic heterocycles. The SMILES string of the molecule is CC1CN(S(=O)(=O)CCNC(=O)C(NC(=O)c2cccs2)C(C)C)CC(C)O1. The Morgan fingerprint density at radius 1 is 1.29 bits per heavy atom. The van der Waals surface area contributed by atoms with Gasteiger partial charge in [-0.3, -0.25) is 9.59 Å². The van der Waals surface area contributed by atoms with E-state index >= 15 is 0 Å². The van der Waals surface area contributed by atoms with Gasteiger partial charge < -0.3 is 15.4 Å². The van der Waals surface area contributed by atoms with E-state index in [1.165, 1.54) is 15.6 Å². The number of carbonyl (C=O) groups is 2. The van der Waals surface area contributed by atoms with Gasteiger partial charge >= 0.3 is 0 Å². The maximum atomic E-state index is 12.5. The Hall–Kier alpha value is -1.49. The van der Waals surface area contributed by atoms with Crippen LogP contribution in [0.4, 0.5) is 0 Å². The molecule has 0 aromatic carbocycles. The van der Waals surface area contributed by atoms with Crippen LogP contribution in [0.25, 0.3) is 0 Å². The summed E-state index contributed by atoms with van der Waals surface area (Å²) in [4.78, 5) is 25.3. The first kappa shape index (κ1) is 22.8. The first-order valence-electron chi connectivity index (χ1n) is 9.35. The molecule has 28 heavy (non-hydrogen) atoms. The molecule has 1 aliphatic heterocycles. The Balaban J connectivity index is 1.89.